The first-order valence-electron chi connectivity index (χ1n) is 5.56. The number of hydrogen-bond donors (Lipinski definition) is 1. The van der Waals surface area contributed by atoms with E-state index >= 15 is 0 Å². The molecule has 1 saturated carbocycles. The van der Waals surface area contributed by atoms with Crippen molar-refractivity contribution in [2.45, 2.75) is 12.8 Å². The van der Waals surface area contributed by atoms with Crippen LogP contribution in [-0.4, -0.2) is 15.9 Å². The van der Waals surface area contributed by atoms with E-state index in [-0.39, 0.29) is 11.8 Å². The molecule has 2 heterocycles. The lowest BCUT2D eigenvalue weighted by atomic mass is 10.2. The molecule has 0 unspecified atom stereocenters. The van der Waals surface area contributed by atoms with Crippen molar-refractivity contribution in [1.82, 2.24) is 9.97 Å². The number of nitrogens with one attached hydrogen (secondary N) is 1. The fourth-order valence-corrected chi connectivity index (χ4v) is 2.34. The second kappa shape index (κ2) is 4.48. The Morgan fingerprint density at radius 3 is 2.83 bits per heavy atom. The van der Waals surface area contributed by atoms with Gasteiger partial charge in [-0.25, -0.2) is 9.97 Å². The Morgan fingerprint density at radius 1 is 1.33 bits per heavy atom. The average molecular weight is 327 g/mol. The smallest absolute Gasteiger partial charge is 0.228 e. The Bertz CT molecular complexity index is 643. The number of anilines is 1. The molecule has 2 aromatic rings. The molecule has 0 bridgehead atoms. The largest absolute Gasteiger partial charge is 0.310 e. The Kier molecular flexibility index (Phi) is 2.95. The zero-order valence-electron chi connectivity index (χ0n) is 9.28. The number of nitrogens with zero attached hydrogens (tertiary/aromatic N) is 2. The van der Waals surface area contributed by atoms with Crippen LogP contribution < -0.4 is 5.32 Å². The lowest BCUT2D eigenvalue weighted by Crippen LogP contribution is -2.14. The first kappa shape index (κ1) is 11.9. The van der Waals surface area contributed by atoms with Gasteiger partial charge in [-0.05, 0) is 34.8 Å². The summed E-state index contributed by atoms with van der Waals surface area (Å²) in [5.74, 6) is 0.743. The Morgan fingerprint density at radius 2 is 2.11 bits per heavy atom. The summed E-state index contributed by atoms with van der Waals surface area (Å²) in [6.45, 7) is 0. The predicted octanol–water partition coefficient (Wildman–Crippen LogP) is 3.39. The summed E-state index contributed by atoms with van der Waals surface area (Å²) in [6.07, 6.45) is 5.20. The van der Waals surface area contributed by atoms with Gasteiger partial charge >= 0.3 is 0 Å². The third kappa shape index (κ3) is 2.20. The van der Waals surface area contributed by atoms with Crippen LogP contribution in [0, 0.1) is 5.92 Å². The van der Waals surface area contributed by atoms with Crippen molar-refractivity contribution in [2.24, 2.45) is 5.92 Å². The van der Waals surface area contributed by atoms with Crippen molar-refractivity contribution in [3.05, 3.63) is 28.1 Å². The van der Waals surface area contributed by atoms with E-state index in [1.165, 1.54) is 0 Å². The maximum absolute atomic E-state index is 11.7. The molecule has 1 N–H and O–H groups in total. The van der Waals surface area contributed by atoms with E-state index in [2.05, 4.69) is 31.2 Å². The van der Waals surface area contributed by atoms with E-state index in [9.17, 15) is 4.79 Å². The highest BCUT2D eigenvalue weighted by molar-refractivity contribution is 9.10. The fraction of sp³-hybridized carbons (Fsp3) is 0.250. The van der Waals surface area contributed by atoms with Gasteiger partial charge in [0.1, 0.15) is 11.0 Å². The van der Waals surface area contributed by atoms with Crippen LogP contribution in [0.15, 0.2) is 22.9 Å². The summed E-state index contributed by atoms with van der Waals surface area (Å²) >= 11 is 9.40. The predicted molar refractivity (Wildman–Crippen MR) is 73.6 cm³/mol. The van der Waals surface area contributed by atoms with Gasteiger partial charge in [-0.3, -0.25) is 4.79 Å². The number of carbonyl (C=O) groups is 1. The SMILES string of the molecule is O=C(Nc1cc2c(Br)cnc(Cl)c2cn1)C1CC1. The number of pyridine rings is 2. The van der Waals surface area contributed by atoms with E-state index in [0.29, 0.717) is 11.0 Å². The van der Waals surface area contributed by atoms with Gasteiger partial charge in [0.05, 0.1) is 0 Å². The first-order chi connectivity index (χ1) is 8.65. The molecule has 1 fully saturated rings. The van der Waals surface area contributed by atoms with Crippen LogP contribution in [0.1, 0.15) is 12.8 Å². The molecule has 0 radical (unpaired) electrons. The van der Waals surface area contributed by atoms with Crippen molar-refractivity contribution < 1.29 is 4.79 Å². The summed E-state index contributed by atoms with van der Waals surface area (Å²) in [7, 11) is 0. The lowest BCUT2D eigenvalue weighted by Gasteiger charge is -2.06. The summed E-state index contributed by atoms with van der Waals surface area (Å²) in [6, 6.07) is 1.80. The van der Waals surface area contributed by atoms with Crippen LogP contribution in [0.2, 0.25) is 5.15 Å². The van der Waals surface area contributed by atoms with Gasteiger partial charge in [0.15, 0.2) is 0 Å². The fourth-order valence-electron chi connectivity index (χ4n) is 1.71. The van der Waals surface area contributed by atoms with Crippen LogP contribution in [0.25, 0.3) is 10.8 Å². The average Bonchev–Trinajstić information content (AvgIpc) is 3.18. The Hall–Kier alpha value is -1.20. The number of hydrogen-bond acceptors (Lipinski definition) is 3. The summed E-state index contributed by atoms with van der Waals surface area (Å²) in [5.41, 5.74) is 0. The maximum atomic E-state index is 11.7. The van der Waals surface area contributed by atoms with E-state index in [4.69, 9.17) is 11.6 Å². The number of halogens is 2. The number of carbonyl (C=O) groups excluding carboxylic acids is 1. The third-order valence-corrected chi connectivity index (χ3v) is 3.81. The molecule has 92 valence electrons. The second-order valence-corrected chi connectivity index (χ2v) is 5.49. The zero-order chi connectivity index (χ0) is 12.7. The molecule has 0 saturated heterocycles. The molecular weight excluding hydrogens is 318 g/mol. The Balaban J connectivity index is 1.99. The molecule has 2 aromatic heterocycles. The molecule has 0 aliphatic heterocycles. The van der Waals surface area contributed by atoms with Gasteiger partial charge in [0.2, 0.25) is 5.91 Å². The minimum atomic E-state index is 0.0399. The lowest BCUT2D eigenvalue weighted by molar-refractivity contribution is -0.117. The van der Waals surface area contributed by atoms with Crippen molar-refractivity contribution in [3.8, 4) is 0 Å². The second-order valence-electron chi connectivity index (χ2n) is 4.28. The van der Waals surface area contributed by atoms with Gasteiger partial charge in [-0.2, -0.15) is 0 Å². The number of rotatable bonds is 2. The van der Waals surface area contributed by atoms with Crippen LogP contribution in [0.5, 0.6) is 0 Å². The minimum Gasteiger partial charge on any atom is -0.310 e. The topological polar surface area (TPSA) is 54.9 Å². The first-order valence-corrected chi connectivity index (χ1v) is 6.73. The van der Waals surface area contributed by atoms with Crippen molar-refractivity contribution in [2.75, 3.05) is 5.32 Å². The van der Waals surface area contributed by atoms with Gasteiger partial charge in [-0.1, -0.05) is 11.6 Å². The van der Waals surface area contributed by atoms with Crippen LogP contribution >= 0.6 is 27.5 Å². The standard InChI is InChI=1S/C12H9BrClN3O/c13-9-5-16-11(14)8-4-15-10(3-7(8)9)17-12(18)6-1-2-6/h3-6H,1-2H2,(H,15,17,18). The molecule has 0 spiro atoms. The van der Waals surface area contributed by atoms with Gasteiger partial charge < -0.3 is 5.32 Å². The molecule has 18 heavy (non-hydrogen) atoms. The van der Waals surface area contributed by atoms with E-state index < -0.39 is 0 Å². The third-order valence-electron chi connectivity index (χ3n) is 2.87. The molecular formula is C12H9BrClN3O. The summed E-state index contributed by atoms with van der Waals surface area (Å²) in [4.78, 5) is 19.9. The molecule has 1 amide bonds. The van der Waals surface area contributed by atoms with Crippen LogP contribution in [0.4, 0.5) is 5.82 Å². The highest BCUT2D eigenvalue weighted by atomic mass is 79.9. The van der Waals surface area contributed by atoms with Gasteiger partial charge in [0, 0.05) is 33.6 Å². The molecule has 1 aliphatic rings. The molecule has 3 rings (SSSR count). The molecule has 4 nitrogen and oxygen atoms in total. The van der Waals surface area contributed by atoms with Crippen LogP contribution in [-0.2, 0) is 4.79 Å². The van der Waals surface area contributed by atoms with E-state index in [0.717, 1.165) is 28.1 Å². The normalized spacial score (nSPS) is 14.8. The maximum Gasteiger partial charge on any atom is 0.228 e. The number of amides is 1. The van der Waals surface area contributed by atoms with Gasteiger partial charge in [0.25, 0.3) is 0 Å². The quantitative estimate of drug-likeness (QED) is 0.861. The molecule has 0 aromatic carbocycles. The number of fused-ring (bicyclic) bond motifs is 1. The molecule has 0 atom stereocenters. The van der Waals surface area contributed by atoms with Crippen molar-refractivity contribution in [1.29, 1.82) is 0 Å². The molecule has 1 aliphatic carbocycles. The summed E-state index contributed by atoms with van der Waals surface area (Å²) < 4.78 is 0.825. The summed E-state index contributed by atoms with van der Waals surface area (Å²) in [5, 5.41) is 4.86. The minimum absolute atomic E-state index is 0.0399. The molecule has 6 heteroatoms. The monoisotopic (exact) mass is 325 g/mol. The van der Waals surface area contributed by atoms with E-state index in [1.807, 2.05) is 0 Å². The van der Waals surface area contributed by atoms with Crippen molar-refractivity contribution in [3.63, 3.8) is 0 Å². The highest BCUT2D eigenvalue weighted by Crippen LogP contribution is 2.32. The Labute approximate surface area is 117 Å². The zero-order valence-corrected chi connectivity index (χ0v) is 11.6. The highest BCUT2D eigenvalue weighted by Gasteiger charge is 2.29. The van der Waals surface area contributed by atoms with Gasteiger partial charge in [-0.15, -0.1) is 0 Å². The van der Waals surface area contributed by atoms with E-state index in [1.54, 1.807) is 18.5 Å². The van der Waals surface area contributed by atoms with Crippen molar-refractivity contribution >= 4 is 50.0 Å². The number of aromatic nitrogens is 2. The van der Waals surface area contributed by atoms with Crippen LogP contribution in [0.3, 0.4) is 0 Å².